The van der Waals surface area contributed by atoms with Crippen LogP contribution in [-0.2, 0) is 6.54 Å². The van der Waals surface area contributed by atoms with Crippen LogP contribution in [0.3, 0.4) is 0 Å². The molecule has 2 aromatic carbocycles. The van der Waals surface area contributed by atoms with Crippen molar-refractivity contribution in [3.63, 3.8) is 0 Å². The molecule has 0 unspecified atom stereocenters. The molecule has 0 aliphatic carbocycles. The second-order valence-corrected chi connectivity index (χ2v) is 5.57. The number of hydrogen-bond donors (Lipinski definition) is 1. The third kappa shape index (κ3) is 2.94. The topological polar surface area (TPSA) is 12.0 Å². The summed E-state index contributed by atoms with van der Waals surface area (Å²) in [4.78, 5) is 0. The molecule has 0 aliphatic heterocycles. The Morgan fingerprint density at radius 2 is 1.61 bits per heavy atom. The molecule has 94 valence electrons. The maximum atomic E-state index is 3.56. The first-order valence-electron chi connectivity index (χ1n) is 6.13. The Kier molecular flexibility index (Phi) is 4.07. The van der Waals surface area contributed by atoms with Gasteiger partial charge in [-0.05, 0) is 65.5 Å². The highest BCUT2D eigenvalue weighted by Gasteiger charge is 2.04. The van der Waals surface area contributed by atoms with E-state index < -0.39 is 0 Å². The highest BCUT2D eigenvalue weighted by Crippen LogP contribution is 2.23. The number of anilines is 1. The predicted molar refractivity (Wildman–Crippen MR) is 82.1 cm³/mol. The molecule has 0 saturated carbocycles. The quantitative estimate of drug-likeness (QED) is 0.842. The van der Waals surface area contributed by atoms with Crippen molar-refractivity contribution in [2.24, 2.45) is 0 Å². The third-order valence-corrected chi connectivity index (χ3v) is 3.86. The number of para-hydroxylation sites is 1. The van der Waals surface area contributed by atoms with Crippen LogP contribution in [0.2, 0.25) is 0 Å². The van der Waals surface area contributed by atoms with Crippen LogP contribution in [0.5, 0.6) is 0 Å². The summed E-state index contributed by atoms with van der Waals surface area (Å²) in [6.07, 6.45) is 0. The first-order chi connectivity index (χ1) is 8.58. The van der Waals surface area contributed by atoms with Gasteiger partial charge in [0.2, 0.25) is 0 Å². The van der Waals surface area contributed by atoms with Crippen molar-refractivity contribution in [3.8, 4) is 0 Å². The molecule has 2 heteroatoms. The number of halogens is 1. The summed E-state index contributed by atoms with van der Waals surface area (Å²) in [5.41, 5.74) is 6.56. The van der Waals surface area contributed by atoms with Crippen molar-refractivity contribution in [1.29, 1.82) is 0 Å². The molecular weight excluding hydrogens is 286 g/mol. The minimum atomic E-state index is 0.862. The Balaban J connectivity index is 2.19. The summed E-state index contributed by atoms with van der Waals surface area (Å²) in [5.74, 6) is 0. The van der Waals surface area contributed by atoms with Crippen molar-refractivity contribution >= 4 is 21.6 Å². The average Bonchev–Trinajstić information content (AvgIpc) is 2.30. The van der Waals surface area contributed by atoms with Gasteiger partial charge in [0.25, 0.3) is 0 Å². The Morgan fingerprint density at radius 1 is 1.00 bits per heavy atom. The summed E-state index contributed by atoms with van der Waals surface area (Å²) in [6.45, 7) is 7.36. The first kappa shape index (κ1) is 13.2. The van der Waals surface area contributed by atoms with Crippen molar-refractivity contribution in [1.82, 2.24) is 0 Å². The van der Waals surface area contributed by atoms with Crippen molar-refractivity contribution in [2.75, 3.05) is 5.32 Å². The molecule has 1 nitrogen and oxygen atoms in total. The minimum Gasteiger partial charge on any atom is -0.380 e. The monoisotopic (exact) mass is 303 g/mol. The predicted octanol–water partition coefficient (Wildman–Crippen LogP) is 4.99. The van der Waals surface area contributed by atoms with Gasteiger partial charge >= 0.3 is 0 Å². The Labute approximate surface area is 117 Å². The number of aryl methyl sites for hydroxylation is 3. The summed E-state index contributed by atoms with van der Waals surface area (Å²) in [5, 5.41) is 3.48. The largest absolute Gasteiger partial charge is 0.380 e. The maximum Gasteiger partial charge on any atom is 0.0487 e. The van der Waals surface area contributed by atoms with Crippen LogP contribution in [0.15, 0.2) is 40.9 Å². The second-order valence-electron chi connectivity index (χ2n) is 4.71. The van der Waals surface area contributed by atoms with Crippen LogP contribution >= 0.6 is 15.9 Å². The van der Waals surface area contributed by atoms with E-state index >= 15 is 0 Å². The van der Waals surface area contributed by atoms with Gasteiger partial charge in [-0.1, -0.05) is 29.8 Å². The van der Waals surface area contributed by atoms with Gasteiger partial charge in [0.15, 0.2) is 0 Å². The van der Waals surface area contributed by atoms with E-state index in [1.54, 1.807) is 0 Å². The highest BCUT2D eigenvalue weighted by atomic mass is 79.9. The van der Waals surface area contributed by atoms with E-state index in [1.807, 2.05) is 12.1 Å². The van der Waals surface area contributed by atoms with Gasteiger partial charge in [0, 0.05) is 16.7 Å². The SMILES string of the molecule is Cc1cc(C)c(CNc2ccccc2Br)c(C)c1. The van der Waals surface area contributed by atoms with E-state index in [0.29, 0.717) is 0 Å². The molecular formula is C16H18BrN. The molecule has 2 rings (SSSR count). The van der Waals surface area contributed by atoms with Crippen LogP contribution in [0, 0.1) is 20.8 Å². The van der Waals surface area contributed by atoms with E-state index in [-0.39, 0.29) is 0 Å². The Morgan fingerprint density at radius 3 is 2.22 bits per heavy atom. The van der Waals surface area contributed by atoms with Crippen LogP contribution in [-0.4, -0.2) is 0 Å². The molecule has 0 bridgehead atoms. The summed E-state index contributed by atoms with van der Waals surface area (Å²) in [7, 11) is 0. The fraction of sp³-hybridized carbons (Fsp3) is 0.250. The van der Waals surface area contributed by atoms with Gasteiger partial charge in [-0.2, -0.15) is 0 Å². The number of benzene rings is 2. The summed E-state index contributed by atoms with van der Waals surface area (Å²) < 4.78 is 1.10. The summed E-state index contributed by atoms with van der Waals surface area (Å²) >= 11 is 3.56. The van der Waals surface area contributed by atoms with Crippen molar-refractivity contribution < 1.29 is 0 Å². The van der Waals surface area contributed by atoms with Crippen LogP contribution in [0.1, 0.15) is 22.3 Å². The van der Waals surface area contributed by atoms with Crippen LogP contribution in [0.4, 0.5) is 5.69 Å². The van der Waals surface area contributed by atoms with Crippen molar-refractivity contribution in [3.05, 3.63) is 63.1 Å². The van der Waals surface area contributed by atoms with E-state index in [4.69, 9.17) is 0 Å². The third-order valence-electron chi connectivity index (χ3n) is 3.17. The molecule has 0 atom stereocenters. The van der Waals surface area contributed by atoms with Gasteiger partial charge in [-0.25, -0.2) is 0 Å². The van der Waals surface area contributed by atoms with E-state index in [1.165, 1.54) is 22.3 Å². The van der Waals surface area contributed by atoms with Crippen molar-refractivity contribution in [2.45, 2.75) is 27.3 Å². The molecule has 0 fully saturated rings. The van der Waals surface area contributed by atoms with Gasteiger partial charge in [-0.3, -0.25) is 0 Å². The normalized spacial score (nSPS) is 10.4. The Hall–Kier alpha value is -1.28. The number of nitrogens with one attached hydrogen (secondary N) is 1. The average molecular weight is 304 g/mol. The smallest absolute Gasteiger partial charge is 0.0487 e. The molecule has 0 aromatic heterocycles. The lowest BCUT2D eigenvalue weighted by Gasteiger charge is -2.14. The molecule has 0 heterocycles. The number of rotatable bonds is 3. The molecule has 0 spiro atoms. The lowest BCUT2D eigenvalue weighted by atomic mass is 10.00. The minimum absolute atomic E-state index is 0.862. The van der Waals surface area contributed by atoms with E-state index in [9.17, 15) is 0 Å². The second kappa shape index (κ2) is 5.57. The van der Waals surface area contributed by atoms with Gasteiger partial charge in [-0.15, -0.1) is 0 Å². The number of hydrogen-bond acceptors (Lipinski definition) is 1. The van der Waals surface area contributed by atoms with Gasteiger partial charge in [0.05, 0.1) is 0 Å². The van der Waals surface area contributed by atoms with Crippen LogP contribution in [0.25, 0.3) is 0 Å². The lowest BCUT2D eigenvalue weighted by Crippen LogP contribution is -2.04. The standard InChI is InChI=1S/C16H18BrN/c1-11-8-12(2)14(13(3)9-11)10-18-16-7-5-4-6-15(16)17/h4-9,18H,10H2,1-3H3. The lowest BCUT2D eigenvalue weighted by molar-refractivity contribution is 1.08. The molecule has 0 radical (unpaired) electrons. The molecule has 2 aromatic rings. The van der Waals surface area contributed by atoms with Crippen LogP contribution < -0.4 is 5.32 Å². The first-order valence-corrected chi connectivity index (χ1v) is 6.92. The molecule has 0 aliphatic rings. The highest BCUT2D eigenvalue weighted by molar-refractivity contribution is 9.10. The summed E-state index contributed by atoms with van der Waals surface area (Å²) in [6, 6.07) is 12.7. The molecule has 18 heavy (non-hydrogen) atoms. The van der Waals surface area contributed by atoms with E-state index in [2.05, 4.69) is 66.3 Å². The van der Waals surface area contributed by atoms with E-state index in [0.717, 1.165) is 16.7 Å². The zero-order valence-electron chi connectivity index (χ0n) is 11.0. The molecule has 0 amide bonds. The zero-order chi connectivity index (χ0) is 13.1. The molecule has 1 N–H and O–H groups in total. The zero-order valence-corrected chi connectivity index (χ0v) is 12.6. The fourth-order valence-electron chi connectivity index (χ4n) is 2.28. The molecule has 0 saturated heterocycles. The van der Waals surface area contributed by atoms with Gasteiger partial charge in [0.1, 0.15) is 0 Å². The maximum absolute atomic E-state index is 3.56. The fourth-order valence-corrected chi connectivity index (χ4v) is 2.70. The Bertz CT molecular complexity index is 538. The van der Waals surface area contributed by atoms with Gasteiger partial charge < -0.3 is 5.32 Å².